The van der Waals surface area contributed by atoms with E-state index in [0.29, 0.717) is 37.5 Å². The number of nitrogens with zero attached hydrogens (tertiary/aromatic N) is 3. The zero-order valence-electron chi connectivity index (χ0n) is 24.4. The van der Waals surface area contributed by atoms with E-state index in [1.807, 2.05) is 31.1 Å². The topological polar surface area (TPSA) is 206 Å². The van der Waals surface area contributed by atoms with Gasteiger partial charge < -0.3 is 32.3 Å². The van der Waals surface area contributed by atoms with Crippen molar-refractivity contribution in [2.24, 2.45) is 22.2 Å². The van der Waals surface area contributed by atoms with Crippen LogP contribution in [0.3, 0.4) is 0 Å². The SMILES string of the molecule is CC[C@H](NC(=O)[C@H]1CCCCN1C(=O)[C@H](CCCN=C(N)N)NS(=O)(=O)c1cccc2c(N(C)C)cccc12)C(N)=O. The highest BCUT2D eigenvalue weighted by Gasteiger charge is 2.38. The molecule has 1 aliphatic rings. The summed E-state index contributed by atoms with van der Waals surface area (Å²) in [5.74, 6) is -1.82. The molecule has 3 amide bonds. The minimum absolute atomic E-state index is 0.0332. The Morgan fingerprint density at radius 2 is 1.74 bits per heavy atom. The number of piperidine rings is 1. The molecule has 1 aliphatic heterocycles. The van der Waals surface area contributed by atoms with Crippen LogP contribution < -0.4 is 32.1 Å². The van der Waals surface area contributed by atoms with Crippen LogP contribution >= 0.6 is 0 Å². The van der Waals surface area contributed by atoms with Gasteiger partial charge in [-0.2, -0.15) is 4.72 Å². The first kappa shape index (κ1) is 32.6. The summed E-state index contributed by atoms with van der Waals surface area (Å²) in [6.45, 7) is 2.17. The Kier molecular flexibility index (Phi) is 11.1. The van der Waals surface area contributed by atoms with Crippen molar-refractivity contribution in [3.8, 4) is 0 Å². The number of nitrogens with two attached hydrogens (primary N) is 3. The molecule has 2 aromatic carbocycles. The second-order valence-electron chi connectivity index (χ2n) is 10.6. The molecular formula is C28H42N8O5S. The second-order valence-corrected chi connectivity index (χ2v) is 12.2. The Morgan fingerprint density at radius 3 is 2.38 bits per heavy atom. The van der Waals surface area contributed by atoms with E-state index in [0.717, 1.165) is 11.1 Å². The van der Waals surface area contributed by atoms with E-state index in [-0.39, 0.29) is 30.4 Å². The number of amides is 3. The summed E-state index contributed by atoms with van der Waals surface area (Å²) in [5.41, 5.74) is 17.1. The Balaban J connectivity index is 1.95. The number of nitrogens with one attached hydrogen (secondary N) is 2. The summed E-state index contributed by atoms with van der Waals surface area (Å²) >= 11 is 0. The van der Waals surface area contributed by atoms with Crippen LogP contribution in [0.25, 0.3) is 10.8 Å². The minimum Gasteiger partial charge on any atom is -0.377 e. The summed E-state index contributed by atoms with van der Waals surface area (Å²) < 4.78 is 30.3. The molecule has 2 aromatic rings. The summed E-state index contributed by atoms with van der Waals surface area (Å²) in [4.78, 5) is 46.2. The molecule has 1 fully saturated rings. The molecule has 42 heavy (non-hydrogen) atoms. The molecule has 3 atom stereocenters. The highest BCUT2D eigenvalue weighted by Crippen LogP contribution is 2.30. The first-order valence-corrected chi connectivity index (χ1v) is 15.5. The normalized spacial score (nSPS) is 16.8. The van der Waals surface area contributed by atoms with Crippen LogP contribution in [0.15, 0.2) is 46.3 Å². The maximum atomic E-state index is 14.0. The largest absolute Gasteiger partial charge is 0.377 e. The molecule has 8 N–H and O–H groups in total. The second kappa shape index (κ2) is 14.3. The highest BCUT2D eigenvalue weighted by molar-refractivity contribution is 7.89. The van der Waals surface area contributed by atoms with Crippen molar-refractivity contribution in [3.63, 3.8) is 0 Å². The summed E-state index contributed by atoms with van der Waals surface area (Å²) in [5, 5.41) is 3.89. The Hall–Kier alpha value is -3.91. The van der Waals surface area contributed by atoms with Gasteiger partial charge in [0.15, 0.2) is 5.96 Å². The van der Waals surface area contributed by atoms with Gasteiger partial charge in [-0.1, -0.05) is 31.2 Å². The molecule has 0 bridgehead atoms. The van der Waals surface area contributed by atoms with Gasteiger partial charge in [0.25, 0.3) is 0 Å². The zero-order valence-corrected chi connectivity index (χ0v) is 25.2. The van der Waals surface area contributed by atoms with Gasteiger partial charge in [0.2, 0.25) is 27.7 Å². The fraction of sp³-hybridized carbons (Fsp3) is 0.500. The number of sulfonamides is 1. The molecule has 1 saturated heterocycles. The van der Waals surface area contributed by atoms with Crippen molar-refractivity contribution in [2.75, 3.05) is 32.1 Å². The van der Waals surface area contributed by atoms with E-state index in [1.165, 1.54) is 11.0 Å². The van der Waals surface area contributed by atoms with Crippen LogP contribution in [0.1, 0.15) is 45.4 Å². The standard InChI is InChI=1S/C28H42N8O5S/c1-4-20(25(29)37)33-26(38)23-13-5-6-17-36(23)27(39)21(12-9-16-32-28(30)31)34-42(40,41)24-15-8-10-18-19(24)11-7-14-22(18)35(2)3/h7-8,10-11,14-15,20-21,23,34H,4-6,9,12-13,16-17H2,1-3H3,(H2,29,37)(H,33,38)(H4,30,31,32)/t20-,21-,23+/m0/s1. The molecule has 1 heterocycles. The van der Waals surface area contributed by atoms with Gasteiger partial charge in [-0.3, -0.25) is 19.4 Å². The average Bonchev–Trinajstić information content (AvgIpc) is 2.95. The molecule has 0 aliphatic carbocycles. The average molecular weight is 603 g/mol. The van der Waals surface area contributed by atoms with Crippen LogP contribution in [-0.4, -0.2) is 82.3 Å². The number of carbonyl (C=O) groups is 3. The summed E-state index contributed by atoms with van der Waals surface area (Å²) in [6.07, 6.45) is 2.41. The number of aliphatic imine (C=N–C) groups is 1. The van der Waals surface area contributed by atoms with Crippen LogP contribution in [0.4, 0.5) is 5.69 Å². The smallest absolute Gasteiger partial charge is 0.243 e. The molecule has 0 saturated carbocycles. The molecule has 0 unspecified atom stereocenters. The fourth-order valence-corrected chi connectivity index (χ4v) is 6.63. The molecular weight excluding hydrogens is 560 g/mol. The number of guanidine groups is 1. The summed E-state index contributed by atoms with van der Waals surface area (Å²) in [6, 6.07) is 7.46. The van der Waals surface area contributed by atoms with Crippen molar-refractivity contribution in [2.45, 2.75) is 68.5 Å². The van der Waals surface area contributed by atoms with Gasteiger partial charge in [-0.05, 0) is 50.7 Å². The molecule has 0 spiro atoms. The van der Waals surface area contributed by atoms with Crippen LogP contribution in [0.2, 0.25) is 0 Å². The van der Waals surface area contributed by atoms with Gasteiger partial charge >= 0.3 is 0 Å². The van der Waals surface area contributed by atoms with E-state index >= 15 is 0 Å². The van der Waals surface area contributed by atoms with Gasteiger partial charge in [0.1, 0.15) is 18.1 Å². The predicted molar refractivity (Wildman–Crippen MR) is 163 cm³/mol. The number of primary amides is 1. The van der Waals surface area contributed by atoms with Gasteiger partial charge in [-0.25, -0.2) is 8.42 Å². The molecule has 230 valence electrons. The minimum atomic E-state index is -4.20. The number of fused-ring (bicyclic) bond motifs is 1. The lowest BCUT2D eigenvalue weighted by molar-refractivity contribution is -0.144. The number of hydrogen-bond acceptors (Lipinski definition) is 7. The third-order valence-electron chi connectivity index (χ3n) is 7.33. The number of likely N-dealkylation sites (tertiary alicyclic amines) is 1. The van der Waals surface area contributed by atoms with Crippen LogP contribution in [-0.2, 0) is 24.4 Å². The quantitative estimate of drug-likeness (QED) is 0.123. The third kappa shape index (κ3) is 7.88. The molecule has 0 radical (unpaired) electrons. The van der Waals surface area contributed by atoms with E-state index < -0.39 is 45.9 Å². The Morgan fingerprint density at radius 1 is 1.05 bits per heavy atom. The molecule has 0 aromatic heterocycles. The molecule has 14 heteroatoms. The van der Waals surface area contributed by atoms with Crippen molar-refractivity contribution in [1.29, 1.82) is 0 Å². The Labute approximate surface area is 246 Å². The van der Waals surface area contributed by atoms with Crippen molar-refractivity contribution in [1.82, 2.24) is 14.9 Å². The van der Waals surface area contributed by atoms with Crippen molar-refractivity contribution in [3.05, 3.63) is 36.4 Å². The predicted octanol–water partition coefficient (Wildman–Crippen LogP) is 0.368. The lowest BCUT2D eigenvalue weighted by atomic mass is 9.99. The number of hydrogen-bond donors (Lipinski definition) is 5. The van der Waals surface area contributed by atoms with E-state index in [9.17, 15) is 22.8 Å². The summed E-state index contributed by atoms with van der Waals surface area (Å²) in [7, 11) is -0.457. The van der Waals surface area contributed by atoms with Gasteiger partial charge in [-0.15, -0.1) is 0 Å². The van der Waals surface area contributed by atoms with Gasteiger partial charge in [0.05, 0.1) is 4.90 Å². The lowest BCUT2D eigenvalue weighted by Crippen LogP contribution is -2.59. The van der Waals surface area contributed by atoms with Crippen molar-refractivity contribution >= 4 is 50.2 Å². The van der Waals surface area contributed by atoms with E-state index in [2.05, 4.69) is 15.0 Å². The monoisotopic (exact) mass is 602 g/mol. The molecule has 13 nitrogen and oxygen atoms in total. The van der Waals surface area contributed by atoms with Gasteiger partial charge in [0, 0.05) is 43.6 Å². The van der Waals surface area contributed by atoms with E-state index in [1.54, 1.807) is 25.1 Å². The number of carbonyl (C=O) groups excluding carboxylic acids is 3. The third-order valence-corrected chi connectivity index (χ3v) is 8.86. The van der Waals surface area contributed by atoms with E-state index in [4.69, 9.17) is 17.2 Å². The maximum absolute atomic E-state index is 14.0. The highest BCUT2D eigenvalue weighted by atomic mass is 32.2. The fourth-order valence-electron chi connectivity index (χ4n) is 5.19. The Bertz CT molecular complexity index is 1420. The number of rotatable bonds is 13. The maximum Gasteiger partial charge on any atom is 0.243 e. The lowest BCUT2D eigenvalue weighted by Gasteiger charge is -2.37. The number of anilines is 1. The van der Waals surface area contributed by atoms with Crippen LogP contribution in [0, 0.1) is 0 Å². The first-order chi connectivity index (χ1) is 19.9. The molecule has 3 rings (SSSR count). The first-order valence-electron chi connectivity index (χ1n) is 14.0. The zero-order chi connectivity index (χ0) is 31.0. The van der Waals surface area contributed by atoms with Crippen molar-refractivity contribution < 1.29 is 22.8 Å². The van der Waals surface area contributed by atoms with Crippen LogP contribution in [0.5, 0.6) is 0 Å². The number of benzene rings is 2.